The van der Waals surface area contributed by atoms with Crippen LogP contribution >= 0.6 is 11.8 Å². The molecule has 2 rings (SSSR count). The van der Waals surface area contributed by atoms with Gasteiger partial charge in [0.15, 0.2) is 0 Å². The number of nitrogens with one attached hydrogen (secondary N) is 1. The Morgan fingerprint density at radius 3 is 3.13 bits per heavy atom. The van der Waals surface area contributed by atoms with Gasteiger partial charge in [-0.2, -0.15) is 0 Å². The summed E-state index contributed by atoms with van der Waals surface area (Å²) in [6, 6.07) is 6.85. The monoisotopic (exact) mass is 222 g/mol. The second-order valence-corrected chi connectivity index (χ2v) is 5.14. The molecule has 0 spiro atoms. The highest BCUT2D eigenvalue weighted by atomic mass is 32.2. The highest BCUT2D eigenvalue weighted by Crippen LogP contribution is 2.27. The van der Waals surface area contributed by atoms with Crippen LogP contribution in [0, 0.1) is 6.92 Å². The predicted octanol–water partition coefficient (Wildman–Crippen LogP) is 2.42. The molecule has 1 aliphatic heterocycles. The van der Waals surface area contributed by atoms with Crippen LogP contribution in [0.4, 0.5) is 5.69 Å². The average molecular weight is 222 g/mol. The van der Waals surface area contributed by atoms with Crippen molar-refractivity contribution in [2.24, 2.45) is 0 Å². The fraction of sp³-hybridized carbons (Fsp3) is 0.500. The van der Waals surface area contributed by atoms with Gasteiger partial charge in [-0.05, 0) is 44.0 Å². The number of rotatable bonds is 3. The molecule has 0 radical (unpaired) electrons. The number of hydrogen-bond donors (Lipinski definition) is 2. The van der Waals surface area contributed by atoms with Crippen LogP contribution < -0.4 is 11.1 Å². The normalized spacial score (nSPS) is 20.7. The Hall–Kier alpha value is -0.670. The van der Waals surface area contributed by atoms with E-state index in [1.807, 2.05) is 23.9 Å². The van der Waals surface area contributed by atoms with Crippen LogP contribution in [0.5, 0.6) is 0 Å². The minimum Gasteiger partial charge on any atom is -0.398 e. The van der Waals surface area contributed by atoms with E-state index < -0.39 is 0 Å². The SMILES string of the molecule is Cc1c(N)cccc1SC[C@@H]1CCCN1. The van der Waals surface area contributed by atoms with E-state index in [2.05, 4.69) is 18.3 Å². The third-order valence-corrected chi connectivity index (χ3v) is 4.25. The van der Waals surface area contributed by atoms with Crippen molar-refractivity contribution in [3.8, 4) is 0 Å². The van der Waals surface area contributed by atoms with Crippen LogP contribution in [0.1, 0.15) is 18.4 Å². The van der Waals surface area contributed by atoms with E-state index in [4.69, 9.17) is 5.73 Å². The zero-order valence-electron chi connectivity index (χ0n) is 9.12. The fourth-order valence-corrected chi connectivity index (χ4v) is 3.05. The molecule has 1 aromatic rings. The molecule has 82 valence electrons. The fourth-order valence-electron chi connectivity index (χ4n) is 1.88. The highest BCUT2D eigenvalue weighted by molar-refractivity contribution is 7.99. The lowest BCUT2D eigenvalue weighted by atomic mass is 10.2. The van der Waals surface area contributed by atoms with Gasteiger partial charge in [0.1, 0.15) is 0 Å². The predicted molar refractivity (Wildman–Crippen MR) is 67.3 cm³/mol. The summed E-state index contributed by atoms with van der Waals surface area (Å²) < 4.78 is 0. The zero-order chi connectivity index (χ0) is 10.7. The van der Waals surface area contributed by atoms with Crippen molar-refractivity contribution < 1.29 is 0 Å². The zero-order valence-corrected chi connectivity index (χ0v) is 9.94. The van der Waals surface area contributed by atoms with Crippen LogP contribution in [0.3, 0.4) is 0 Å². The van der Waals surface area contributed by atoms with Gasteiger partial charge in [0, 0.05) is 22.4 Å². The van der Waals surface area contributed by atoms with E-state index in [1.165, 1.54) is 29.8 Å². The molecule has 0 bridgehead atoms. The number of anilines is 1. The highest BCUT2D eigenvalue weighted by Gasteiger charge is 2.14. The number of benzene rings is 1. The summed E-state index contributed by atoms with van der Waals surface area (Å²) in [7, 11) is 0. The standard InChI is InChI=1S/C12H18N2S/c1-9-11(13)5-2-6-12(9)15-8-10-4-3-7-14-10/h2,5-6,10,14H,3-4,7-8,13H2,1H3/t10-/m0/s1. The largest absolute Gasteiger partial charge is 0.398 e. The number of nitrogens with two attached hydrogens (primary N) is 1. The molecule has 1 aliphatic rings. The molecule has 1 saturated heterocycles. The average Bonchev–Trinajstić information content (AvgIpc) is 2.73. The van der Waals surface area contributed by atoms with E-state index in [0.717, 1.165) is 11.4 Å². The van der Waals surface area contributed by atoms with Gasteiger partial charge >= 0.3 is 0 Å². The summed E-state index contributed by atoms with van der Waals surface area (Å²) in [6.07, 6.45) is 2.63. The van der Waals surface area contributed by atoms with Gasteiger partial charge in [-0.3, -0.25) is 0 Å². The molecule has 1 atom stereocenters. The van der Waals surface area contributed by atoms with Crippen LogP contribution in [-0.4, -0.2) is 18.3 Å². The number of hydrogen-bond acceptors (Lipinski definition) is 3. The Balaban J connectivity index is 1.95. The maximum Gasteiger partial charge on any atom is 0.0354 e. The first-order valence-corrected chi connectivity index (χ1v) is 6.47. The Labute approximate surface area is 95.6 Å². The van der Waals surface area contributed by atoms with Gasteiger partial charge in [-0.25, -0.2) is 0 Å². The molecule has 3 heteroatoms. The molecule has 0 saturated carbocycles. The minimum absolute atomic E-state index is 0.691. The molecule has 0 aliphatic carbocycles. The first kappa shape index (κ1) is 10.8. The quantitative estimate of drug-likeness (QED) is 0.609. The number of thioether (sulfide) groups is 1. The Kier molecular flexibility index (Phi) is 3.54. The minimum atomic E-state index is 0.691. The van der Waals surface area contributed by atoms with Crippen LogP contribution in [0.15, 0.2) is 23.1 Å². The van der Waals surface area contributed by atoms with Crippen molar-refractivity contribution >= 4 is 17.4 Å². The van der Waals surface area contributed by atoms with Crippen LogP contribution in [-0.2, 0) is 0 Å². The molecule has 0 aromatic heterocycles. The summed E-state index contributed by atoms with van der Waals surface area (Å²) in [4.78, 5) is 1.32. The van der Waals surface area contributed by atoms with Gasteiger partial charge in [0.05, 0.1) is 0 Å². The van der Waals surface area contributed by atoms with Crippen LogP contribution in [0.2, 0.25) is 0 Å². The molecular weight excluding hydrogens is 204 g/mol. The third-order valence-electron chi connectivity index (χ3n) is 2.93. The van der Waals surface area contributed by atoms with E-state index >= 15 is 0 Å². The first-order valence-electron chi connectivity index (χ1n) is 5.48. The van der Waals surface area contributed by atoms with Gasteiger partial charge in [-0.1, -0.05) is 6.07 Å². The molecule has 3 N–H and O–H groups in total. The lowest BCUT2D eigenvalue weighted by molar-refractivity contribution is 0.674. The Morgan fingerprint density at radius 2 is 2.40 bits per heavy atom. The third kappa shape index (κ3) is 2.67. The second-order valence-electron chi connectivity index (χ2n) is 4.07. The molecule has 1 aromatic carbocycles. The van der Waals surface area contributed by atoms with E-state index in [1.54, 1.807) is 0 Å². The van der Waals surface area contributed by atoms with Crippen molar-refractivity contribution in [3.63, 3.8) is 0 Å². The number of nitrogen functional groups attached to an aromatic ring is 1. The molecule has 2 nitrogen and oxygen atoms in total. The summed E-state index contributed by atoms with van der Waals surface area (Å²) in [5, 5.41) is 3.51. The smallest absolute Gasteiger partial charge is 0.0354 e. The molecular formula is C12H18N2S. The maximum atomic E-state index is 5.88. The molecule has 0 unspecified atom stereocenters. The molecule has 0 amide bonds. The first-order chi connectivity index (χ1) is 7.27. The Bertz CT molecular complexity index is 332. The molecule has 1 heterocycles. The Morgan fingerprint density at radius 1 is 1.53 bits per heavy atom. The lowest BCUT2D eigenvalue weighted by Gasteiger charge is -2.11. The second kappa shape index (κ2) is 4.90. The van der Waals surface area contributed by atoms with Gasteiger partial charge < -0.3 is 11.1 Å². The summed E-state index contributed by atoms with van der Waals surface area (Å²) in [5.74, 6) is 1.16. The van der Waals surface area contributed by atoms with Crippen molar-refractivity contribution in [3.05, 3.63) is 23.8 Å². The van der Waals surface area contributed by atoms with E-state index in [0.29, 0.717) is 6.04 Å². The van der Waals surface area contributed by atoms with Crippen LogP contribution in [0.25, 0.3) is 0 Å². The van der Waals surface area contributed by atoms with Crippen molar-refractivity contribution in [1.29, 1.82) is 0 Å². The lowest BCUT2D eigenvalue weighted by Crippen LogP contribution is -2.23. The van der Waals surface area contributed by atoms with Gasteiger partial charge in [0.2, 0.25) is 0 Å². The molecule has 1 fully saturated rings. The summed E-state index contributed by atoms with van der Waals surface area (Å²) in [6.45, 7) is 3.28. The van der Waals surface area contributed by atoms with Gasteiger partial charge in [-0.15, -0.1) is 11.8 Å². The van der Waals surface area contributed by atoms with Crippen molar-refractivity contribution in [2.75, 3.05) is 18.0 Å². The van der Waals surface area contributed by atoms with Crippen molar-refractivity contribution in [1.82, 2.24) is 5.32 Å². The maximum absolute atomic E-state index is 5.88. The van der Waals surface area contributed by atoms with E-state index in [9.17, 15) is 0 Å². The summed E-state index contributed by atoms with van der Waals surface area (Å²) in [5.41, 5.74) is 8.00. The van der Waals surface area contributed by atoms with E-state index in [-0.39, 0.29) is 0 Å². The molecule has 15 heavy (non-hydrogen) atoms. The topological polar surface area (TPSA) is 38.0 Å². The van der Waals surface area contributed by atoms with Gasteiger partial charge in [0.25, 0.3) is 0 Å². The van der Waals surface area contributed by atoms with Crippen molar-refractivity contribution in [2.45, 2.75) is 30.7 Å². The summed E-state index contributed by atoms with van der Waals surface area (Å²) >= 11 is 1.92.